The van der Waals surface area contributed by atoms with Gasteiger partial charge in [-0.2, -0.15) is 13.2 Å². The molecule has 0 atom stereocenters. The molecule has 1 saturated heterocycles. The molecule has 0 bridgehead atoms. The largest absolute Gasteiger partial charge is 0.489 e. The number of nitrogens with two attached hydrogens (primary N) is 1. The SMILES string of the molecule is N=C(c1ccc(Oc2cccc(OCc3ccccc3C(F)(F)F)c2)cc1)c1c(N)ncnc1NC1CCOCC1. The van der Waals surface area contributed by atoms with E-state index in [9.17, 15) is 13.2 Å². The summed E-state index contributed by atoms with van der Waals surface area (Å²) in [5.74, 6) is 2.01. The number of nitrogens with zero attached hydrogens (tertiary/aromatic N) is 2. The molecule has 0 spiro atoms. The minimum absolute atomic E-state index is 0.0416. The monoisotopic (exact) mass is 563 g/mol. The van der Waals surface area contributed by atoms with Crippen LogP contribution in [0, 0.1) is 5.41 Å². The molecule has 8 nitrogen and oxygen atoms in total. The van der Waals surface area contributed by atoms with E-state index in [0.29, 0.717) is 47.4 Å². The molecular weight excluding hydrogens is 535 g/mol. The Morgan fingerprint density at radius 2 is 1.68 bits per heavy atom. The van der Waals surface area contributed by atoms with Gasteiger partial charge in [-0.05, 0) is 55.3 Å². The van der Waals surface area contributed by atoms with Gasteiger partial charge >= 0.3 is 6.18 Å². The van der Waals surface area contributed by atoms with Gasteiger partial charge in [0.2, 0.25) is 0 Å². The summed E-state index contributed by atoms with van der Waals surface area (Å²) in [7, 11) is 0. The second-order valence-electron chi connectivity index (χ2n) is 9.43. The Hall–Kier alpha value is -4.64. The van der Waals surface area contributed by atoms with Crippen molar-refractivity contribution >= 4 is 17.3 Å². The van der Waals surface area contributed by atoms with E-state index >= 15 is 0 Å². The van der Waals surface area contributed by atoms with Crippen LogP contribution in [0.3, 0.4) is 0 Å². The molecule has 0 radical (unpaired) electrons. The minimum atomic E-state index is -4.46. The molecular formula is C30H28F3N5O3. The number of alkyl halides is 3. The number of hydrogen-bond acceptors (Lipinski definition) is 8. The van der Waals surface area contributed by atoms with Gasteiger partial charge in [-0.25, -0.2) is 9.97 Å². The molecule has 4 N–H and O–H groups in total. The van der Waals surface area contributed by atoms with E-state index in [0.717, 1.165) is 18.9 Å². The van der Waals surface area contributed by atoms with Crippen LogP contribution >= 0.6 is 0 Å². The van der Waals surface area contributed by atoms with Crippen molar-refractivity contribution in [3.63, 3.8) is 0 Å². The molecule has 0 aliphatic carbocycles. The number of rotatable bonds is 9. The van der Waals surface area contributed by atoms with Crippen LogP contribution in [-0.4, -0.2) is 34.9 Å². The summed E-state index contributed by atoms with van der Waals surface area (Å²) in [5, 5.41) is 12.2. The summed E-state index contributed by atoms with van der Waals surface area (Å²) in [6, 6.07) is 19.0. The maximum atomic E-state index is 13.3. The number of hydrogen-bond donors (Lipinski definition) is 3. The van der Waals surface area contributed by atoms with Crippen molar-refractivity contribution in [2.45, 2.75) is 31.7 Å². The third kappa shape index (κ3) is 6.93. The van der Waals surface area contributed by atoms with Crippen molar-refractivity contribution in [1.29, 1.82) is 5.41 Å². The number of anilines is 2. The maximum Gasteiger partial charge on any atom is 0.416 e. The molecule has 1 aromatic heterocycles. The molecule has 0 amide bonds. The molecule has 212 valence electrons. The summed E-state index contributed by atoms with van der Waals surface area (Å²) in [6.45, 7) is 1.08. The van der Waals surface area contributed by atoms with E-state index in [1.807, 2.05) is 0 Å². The topological polar surface area (TPSA) is 115 Å². The molecule has 3 aromatic carbocycles. The second kappa shape index (κ2) is 12.3. The normalized spacial score (nSPS) is 13.9. The van der Waals surface area contributed by atoms with Crippen molar-refractivity contribution in [2.24, 2.45) is 0 Å². The Balaban J connectivity index is 1.26. The molecule has 0 saturated carbocycles. The number of ether oxygens (including phenoxy) is 3. The average molecular weight is 564 g/mol. The van der Waals surface area contributed by atoms with Crippen LogP contribution in [-0.2, 0) is 17.5 Å². The van der Waals surface area contributed by atoms with Crippen molar-refractivity contribution in [3.8, 4) is 17.2 Å². The van der Waals surface area contributed by atoms with Crippen LogP contribution in [0.2, 0.25) is 0 Å². The third-order valence-corrected chi connectivity index (χ3v) is 6.59. The lowest BCUT2D eigenvalue weighted by molar-refractivity contribution is -0.138. The fourth-order valence-corrected chi connectivity index (χ4v) is 4.47. The smallest absolute Gasteiger partial charge is 0.416 e. The molecule has 11 heteroatoms. The molecule has 41 heavy (non-hydrogen) atoms. The first kappa shape index (κ1) is 27.9. The van der Waals surface area contributed by atoms with Gasteiger partial charge in [0.15, 0.2) is 0 Å². The van der Waals surface area contributed by atoms with Gasteiger partial charge < -0.3 is 25.3 Å². The number of halogens is 3. The lowest BCUT2D eigenvalue weighted by atomic mass is 10.0. The van der Waals surface area contributed by atoms with E-state index in [4.69, 9.17) is 25.4 Å². The van der Waals surface area contributed by atoms with Crippen LogP contribution in [0.15, 0.2) is 79.1 Å². The van der Waals surface area contributed by atoms with E-state index in [2.05, 4.69) is 15.3 Å². The molecule has 4 aromatic rings. The fourth-order valence-electron chi connectivity index (χ4n) is 4.47. The lowest BCUT2D eigenvalue weighted by Crippen LogP contribution is -2.29. The molecule has 1 fully saturated rings. The van der Waals surface area contributed by atoms with Gasteiger partial charge in [-0.15, -0.1) is 0 Å². The van der Waals surface area contributed by atoms with E-state index in [-0.39, 0.29) is 29.7 Å². The molecule has 1 aliphatic rings. The maximum absolute atomic E-state index is 13.3. The van der Waals surface area contributed by atoms with Gasteiger partial charge in [0.05, 0.1) is 16.8 Å². The lowest BCUT2D eigenvalue weighted by Gasteiger charge is -2.25. The van der Waals surface area contributed by atoms with Gasteiger partial charge in [-0.1, -0.05) is 24.3 Å². The molecule has 2 heterocycles. The highest BCUT2D eigenvalue weighted by Crippen LogP contribution is 2.33. The number of benzene rings is 3. The first-order valence-electron chi connectivity index (χ1n) is 13.0. The Bertz CT molecular complexity index is 1510. The quantitative estimate of drug-likeness (QED) is 0.200. The Labute approximate surface area is 234 Å². The zero-order valence-electron chi connectivity index (χ0n) is 21.9. The third-order valence-electron chi connectivity index (χ3n) is 6.59. The zero-order valence-corrected chi connectivity index (χ0v) is 21.9. The van der Waals surface area contributed by atoms with Crippen LogP contribution in [0.5, 0.6) is 17.2 Å². The van der Waals surface area contributed by atoms with Crippen molar-refractivity contribution in [3.05, 3.63) is 101 Å². The van der Waals surface area contributed by atoms with Crippen LogP contribution < -0.4 is 20.5 Å². The van der Waals surface area contributed by atoms with Crippen molar-refractivity contribution in [1.82, 2.24) is 9.97 Å². The van der Waals surface area contributed by atoms with Crippen molar-refractivity contribution in [2.75, 3.05) is 24.3 Å². The van der Waals surface area contributed by atoms with Gasteiger partial charge in [0.1, 0.15) is 41.8 Å². The summed E-state index contributed by atoms with van der Waals surface area (Å²) in [5.41, 5.74) is 6.64. The van der Waals surface area contributed by atoms with Gasteiger partial charge in [-0.3, -0.25) is 5.41 Å². The predicted molar refractivity (Wildman–Crippen MR) is 149 cm³/mol. The summed E-state index contributed by atoms with van der Waals surface area (Å²) >= 11 is 0. The fraction of sp³-hybridized carbons (Fsp3) is 0.233. The zero-order chi connectivity index (χ0) is 28.8. The van der Waals surface area contributed by atoms with Gasteiger partial charge in [0, 0.05) is 36.4 Å². The Kier molecular flexibility index (Phi) is 8.34. The number of nitrogens with one attached hydrogen (secondary N) is 2. The first-order valence-corrected chi connectivity index (χ1v) is 13.0. The van der Waals surface area contributed by atoms with Crippen molar-refractivity contribution < 1.29 is 27.4 Å². The highest BCUT2D eigenvalue weighted by molar-refractivity contribution is 6.16. The van der Waals surface area contributed by atoms with Crippen LogP contribution in [0.25, 0.3) is 0 Å². The second-order valence-corrected chi connectivity index (χ2v) is 9.43. The summed E-state index contributed by atoms with van der Waals surface area (Å²) < 4.78 is 56.8. The molecule has 0 unspecified atom stereocenters. The highest BCUT2D eigenvalue weighted by atomic mass is 19.4. The number of aromatic nitrogens is 2. The summed E-state index contributed by atoms with van der Waals surface area (Å²) in [6.07, 6.45) is -1.43. The van der Waals surface area contributed by atoms with E-state index < -0.39 is 11.7 Å². The van der Waals surface area contributed by atoms with Crippen LogP contribution in [0.1, 0.15) is 35.1 Å². The molecule has 1 aliphatic heterocycles. The number of nitrogen functional groups attached to an aromatic ring is 1. The van der Waals surface area contributed by atoms with E-state index in [1.165, 1.54) is 18.5 Å². The molecule has 5 rings (SSSR count). The minimum Gasteiger partial charge on any atom is -0.489 e. The van der Waals surface area contributed by atoms with Crippen LogP contribution in [0.4, 0.5) is 24.8 Å². The highest BCUT2D eigenvalue weighted by Gasteiger charge is 2.33. The first-order chi connectivity index (χ1) is 19.8. The average Bonchev–Trinajstić information content (AvgIpc) is 2.97. The van der Waals surface area contributed by atoms with E-state index in [1.54, 1.807) is 54.6 Å². The Morgan fingerprint density at radius 3 is 2.44 bits per heavy atom. The van der Waals surface area contributed by atoms with Gasteiger partial charge in [0.25, 0.3) is 0 Å². The standard InChI is InChI=1S/C30H28F3N5O3/c31-30(32,33)25-7-2-1-4-20(25)17-40-23-5-3-6-24(16-23)41-22-10-8-19(9-11-22)27(34)26-28(35)36-18-37-29(26)38-21-12-14-39-15-13-21/h1-11,16,18,21,34H,12-15,17H2,(H3,35,36,37,38). The predicted octanol–water partition coefficient (Wildman–Crippen LogP) is 6.46. The Morgan fingerprint density at radius 1 is 0.951 bits per heavy atom. The summed E-state index contributed by atoms with van der Waals surface area (Å²) in [4.78, 5) is 8.42.